The largest absolute Gasteiger partial charge is 0.226 e. The number of hydrogen-bond donors (Lipinski definition) is 0. The van der Waals surface area contributed by atoms with Gasteiger partial charge in [0.25, 0.3) is 0 Å². The molecule has 3 aromatic rings. The number of fused-ring (bicyclic) bond motifs is 1. The van der Waals surface area contributed by atoms with Crippen LogP contribution in [0.1, 0.15) is 21.8 Å². The number of aromatic nitrogens is 2. The second kappa shape index (κ2) is 6.07. The zero-order valence-corrected chi connectivity index (χ0v) is 15.3. The van der Waals surface area contributed by atoms with E-state index < -0.39 is 0 Å². The van der Waals surface area contributed by atoms with Gasteiger partial charge in [-0.15, -0.1) is 23.1 Å². The van der Waals surface area contributed by atoms with Gasteiger partial charge in [-0.3, -0.25) is 0 Å². The standard InChI is InChI=1S/C16H15BrN2S2/c1-9-10(2)21-16-14(9)15(18-11(3)19-16)20-8-12-6-4-5-7-13(12)17/h4-7H,8H2,1-3H3. The van der Waals surface area contributed by atoms with Crippen LogP contribution in [0.5, 0.6) is 0 Å². The van der Waals surface area contributed by atoms with E-state index in [2.05, 4.69) is 57.9 Å². The maximum atomic E-state index is 4.66. The molecule has 0 radical (unpaired) electrons. The maximum absolute atomic E-state index is 4.66. The van der Waals surface area contributed by atoms with Gasteiger partial charge in [-0.1, -0.05) is 34.1 Å². The molecule has 0 saturated carbocycles. The fourth-order valence-electron chi connectivity index (χ4n) is 2.18. The number of hydrogen-bond acceptors (Lipinski definition) is 4. The van der Waals surface area contributed by atoms with Gasteiger partial charge in [0.2, 0.25) is 0 Å². The average molecular weight is 379 g/mol. The van der Waals surface area contributed by atoms with Crippen LogP contribution in [0.4, 0.5) is 0 Å². The van der Waals surface area contributed by atoms with E-state index in [1.165, 1.54) is 21.4 Å². The van der Waals surface area contributed by atoms with E-state index in [9.17, 15) is 0 Å². The van der Waals surface area contributed by atoms with Crippen molar-refractivity contribution in [1.82, 2.24) is 9.97 Å². The van der Waals surface area contributed by atoms with Crippen molar-refractivity contribution in [2.75, 3.05) is 0 Å². The second-order valence-corrected chi connectivity index (χ2v) is 7.94. The number of rotatable bonds is 3. The topological polar surface area (TPSA) is 25.8 Å². The van der Waals surface area contributed by atoms with E-state index in [-0.39, 0.29) is 0 Å². The predicted molar refractivity (Wildman–Crippen MR) is 95.3 cm³/mol. The molecule has 0 fully saturated rings. The molecule has 2 heterocycles. The van der Waals surface area contributed by atoms with Crippen LogP contribution in [0.2, 0.25) is 0 Å². The first kappa shape index (κ1) is 15.0. The zero-order valence-electron chi connectivity index (χ0n) is 12.1. The van der Waals surface area contributed by atoms with Crippen LogP contribution >= 0.6 is 39.0 Å². The molecule has 5 heteroatoms. The smallest absolute Gasteiger partial charge is 0.128 e. The second-order valence-electron chi connectivity index (χ2n) is 4.92. The summed E-state index contributed by atoms with van der Waals surface area (Å²) in [7, 11) is 0. The molecule has 0 saturated heterocycles. The molecule has 0 N–H and O–H groups in total. The fraction of sp³-hybridized carbons (Fsp3) is 0.250. The molecular formula is C16H15BrN2S2. The van der Waals surface area contributed by atoms with E-state index in [1.807, 2.05) is 13.0 Å². The van der Waals surface area contributed by atoms with Gasteiger partial charge in [-0.05, 0) is 38.0 Å². The summed E-state index contributed by atoms with van der Waals surface area (Å²) in [5.74, 6) is 1.75. The first-order valence-electron chi connectivity index (χ1n) is 6.67. The minimum absolute atomic E-state index is 0.846. The van der Waals surface area contributed by atoms with Crippen LogP contribution in [-0.2, 0) is 5.75 Å². The lowest BCUT2D eigenvalue weighted by Gasteiger charge is -2.06. The Hall–Kier alpha value is -0.910. The van der Waals surface area contributed by atoms with Crippen molar-refractivity contribution in [3.63, 3.8) is 0 Å². The van der Waals surface area contributed by atoms with Crippen molar-refractivity contribution in [1.29, 1.82) is 0 Å². The molecule has 21 heavy (non-hydrogen) atoms. The van der Waals surface area contributed by atoms with Crippen molar-refractivity contribution >= 4 is 49.2 Å². The molecule has 0 aliphatic heterocycles. The highest BCUT2D eigenvalue weighted by Gasteiger charge is 2.14. The molecular weight excluding hydrogens is 364 g/mol. The maximum Gasteiger partial charge on any atom is 0.128 e. The summed E-state index contributed by atoms with van der Waals surface area (Å²) in [4.78, 5) is 11.7. The van der Waals surface area contributed by atoms with E-state index >= 15 is 0 Å². The molecule has 3 rings (SSSR count). The van der Waals surface area contributed by atoms with Gasteiger partial charge in [0.15, 0.2) is 0 Å². The minimum Gasteiger partial charge on any atom is -0.226 e. The Labute approximate surface area is 141 Å². The third-order valence-corrected chi connectivity index (χ3v) is 6.33. The summed E-state index contributed by atoms with van der Waals surface area (Å²) in [5, 5.41) is 2.32. The van der Waals surface area contributed by atoms with E-state index in [0.29, 0.717) is 0 Å². The van der Waals surface area contributed by atoms with Crippen LogP contribution in [0.15, 0.2) is 33.8 Å². The van der Waals surface area contributed by atoms with Crippen molar-refractivity contribution < 1.29 is 0 Å². The number of thioether (sulfide) groups is 1. The quantitative estimate of drug-likeness (QED) is 0.433. The number of halogens is 1. The van der Waals surface area contributed by atoms with Crippen LogP contribution in [0.3, 0.4) is 0 Å². The van der Waals surface area contributed by atoms with Crippen molar-refractivity contribution in [2.45, 2.75) is 31.6 Å². The minimum atomic E-state index is 0.846. The summed E-state index contributed by atoms with van der Waals surface area (Å²) in [6.07, 6.45) is 0. The number of benzene rings is 1. The molecule has 0 atom stereocenters. The summed E-state index contributed by atoms with van der Waals surface area (Å²) >= 11 is 7.15. The first-order valence-corrected chi connectivity index (χ1v) is 9.26. The molecule has 0 amide bonds. The van der Waals surface area contributed by atoms with Gasteiger partial charge < -0.3 is 0 Å². The third-order valence-electron chi connectivity index (χ3n) is 3.43. The third kappa shape index (κ3) is 3.00. The van der Waals surface area contributed by atoms with Crippen molar-refractivity contribution in [2.24, 2.45) is 0 Å². The Kier molecular flexibility index (Phi) is 4.33. The average Bonchev–Trinajstić information content (AvgIpc) is 2.72. The predicted octanol–water partition coefficient (Wildman–Crippen LogP) is 5.67. The van der Waals surface area contributed by atoms with Crippen LogP contribution in [-0.4, -0.2) is 9.97 Å². The lowest BCUT2D eigenvalue weighted by Crippen LogP contribution is -1.92. The van der Waals surface area contributed by atoms with Gasteiger partial charge in [-0.25, -0.2) is 9.97 Å². The van der Waals surface area contributed by atoms with Crippen LogP contribution in [0, 0.1) is 20.8 Å². The molecule has 108 valence electrons. The van der Waals surface area contributed by atoms with Crippen LogP contribution < -0.4 is 0 Å². The summed E-state index contributed by atoms with van der Waals surface area (Å²) < 4.78 is 1.15. The van der Waals surface area contributed by atoms with Gasteiger partial charge in [0.05, 0.1) is 0 Å². The molecule has 0 spiro atoms. The van der Waals surface area contributed by atoms with Crippen molar-refractivity contribution in [3.8, 4) is 0 Å². The number of aryl methyl sites for hydroxylation is 3. The zero-order chi connectivity index (χ0) is 15.0. The number of nitrogens with zero attached hydrogens (tertiary/aromatic N) is 2. The molecule has 0 unspecified atom stereocenters. The molecule has 0 bridgehead atoms. The highest BCUT2D eigenvalue weighted by Crippen LogP contribution is 2.36. The lowest BCUT2D eigenvalue weighted by molar-refractivity contribution is 1.01. The molecule has 1 aromatic carbocycles. The summed E-state index contributed by atoms with van der Waals surface area (Å²) in [6, 6.07) is 8.34. The highest BCUT2D eigenvalue weighted by molar-refractivity contribution is 9.10. The van der Waals surface area contributed by atoms with Gasteiger partial charge >= 0.3 is 0 Å². The van der Waals surface area contributed by atoms with E-state index in [4.69, 9.17) is 0 Å². The summed E-state index contributed by atoms with van der Waals surface area (Å²) in [6.45, 7) is 6.28. The van der Waals surface area contributed by atoms with Gasteiger partial charge in [-0.2, -0.15) is 0 Å². The normalized spacial score (nSPS) is 11.2. The fourth-order valence-corrected chi connectivity index (χ4v) is 5.07. The van der Waals surface area contributed by atoms with Gasteiger partial charge in [0, 0.05) is 20.5 Å². The Morgan fingerprint density at radius 1 is 1.14 bits per heavy atom. The monoisotopic (exact) mass is 378 g/mol. The van der Waals surface area contributed by atoms with Crippen LogP contribution in [0.25, 0.3) is 10.2 Å². The Balaban J connectivity index is 1.99. The molecule has 2 aromatic heterocycles. The SMILES string of the molecule is Cc1nc(SCc2ccccc2Br)c2c(C)c(C)sc2n1. The van der Waals surface area contributed by atoms with Gasteiger partial charge in [0.1, 0.15) is 15.7 Å². The molecule has 0 aliphatic carbocycles. The Bertz CT molecular complexity index is 811. The summed E-state index contributed by atoms with van der Waals surface area (Å²) in [5.41, 5.74) is 2.60. The first-order chi connectivity index (χ1) is 10.1. The highest BCUT2D eigenvalue weighted by atomic mass is 79.9. The van der Waals surface area contributed by atoms with E-state index in [1.54, 1.807) is 23.1 Å². The molecule has 0 aliphatic rings. The molecule has 2 nitrogen and oxygen atoms in total. The van der Waals surface area contributed by atoms with Crippen molar-refractivity contribution in [3.05, 3.63) is 50.6 Å². The van der Waals surface area contributed by atoms with E-state index in [0.717, 1.165) is 25.9 Å². The Morgan fingerprint density at radius 3 is 2.67 bits per heavy atom. The number of thiophene rings is 1. The Morgan fingerprint density at radius 2 is 1.90 bits per heavy atom. The lowest BCUT2D eigenvalue weighted by atomic mass is 10.2.